The number of rotatable bonds is 6. The molecule has 0 bridgehead atoms. The Morgan fingerprint density at radius 1 is 0.953 bits per heavy atom. The van der Waals surface area contributed by atoms with Crippen molar-refractivity contribution in [1.29, 1.82) is 0 Å². The van der Waals surface area contributed by atoms with Gasteiger partial charge in [0.05, 0.1) is 20.8 Å². The lowest BCUT2D eigenvalue weighted by Gasteiger charge is -2.30. The van der Waals surface area contributed by atoms with Crippen molar-refractivity contribution >= 4 is 71.9 Å². The van der Waals surface area contributed by atoms with Crippen LogP contribution in [0.3, 0.4) is 0 Å². The van der Waals surface area contributed by atoms with Crippen molar-refractivity contribution < 1.29 is 13.2 Å². The van der Waals surface area contributed by atoms with Gasteiger partial charge in [0.1, 0.15) is 10.0 Å². The molecule has 0 fully saturated rings. The number of nitrogens with zero attached hydrogens (tertiary/aromatic N) is 3. The largest absolute Gasteiger partial charge is 0.313 e. The summed E-state index contributed by atoms with van der Waals surface area (Å²) in [7, 11) is -3.75. The van der Waals surface area contributed by atoms with E-state index in [1.807, 2.05) is 42.5 Å². The van der Waals surface area contributed by atoms with Gasteiger partial charge in [-0.1, -0.05) is 37.3 Å². The number of sulfonamides is 1. The van der Waals surface area contributed by atoms with E-state index < -0.39 is 10.0 Å². The lowest BCUT2D eigenvalue weighted by molar-refractivity contribution is 0.102. The van der Waals surface area contributed by atoms with Gasteiger partial charge < -0.3 is 5.32 Å². The van der Waals surface area contributed by atoms with Crippen LogP contribution >= 0.6 is 35.1 Å². The summed E-state index contributed by atoms with van der Waals surface area (Å²) >= 11 is 3.26. The number of amides is 1. The molecule has 0 aliphatic carbocycles. The summed E-state index contributed by atoms with van der Waals surface area (Å²) in [5.74, 6) is -0.268. The second kappa shape index (κ2) is 12.0. The van der Waals surface area contributed by atoms with Gasteiger partial charge in [-0.15, -0.1) is 35.1 Å². The molecule has 1 amide bonds. The maximum Gasteiger partial charge on any atom is 0.264 e. The van der Waals surface area contributed by atoms with Gasteiger partial charge >= 0.3 is 0 Å². The number of nitrogens with one attached hydrogen (secondary N) is 1. The molecule has 0 spiro atoms. The van der Waals surface area contributed by atoms with E-state index >= 15 is 0 Å². The number of thiophene rings is 1. The Bertz CT molecular complexity index is 1880. The van der Waals surface area contributed by atoms with Crippen LogP contribution in [0, 0.1) is 0 Å². The zero-order chi connectivity index (χ0) is 28.8. The van der Waals surface area contributed by atoms with Gasteiger partial charge in [-0.25, -0.2) is 13.4 Å². The van der Waals surface area contributed by atoms with Gasteiger partial charge in [-0.2, -0.15) is 0 Å². The van der Waals surface area contributed by atoms with Gasteiger partial charge in [0, 0.05) is 35.6 Å². The van der Waals surface area contributed by atoms with Gasteiger partial charge in [0.2, 0.25) is 0 Å². The molecule has 2 aliphatic heterocycles. The van der Waals surface area contributed by atoms with Crippen LogP contribution in [0.4, 0.5) is 10.7 Å². The minimum absolute atomic E-state index is 0. The summed E-state index contributed by atoms with van der Waals surface area (Å²) in [4.78, 5) is 22.3. The second-order valence-corrected chi connectivity index (χ2v) is 14.6. The Morgan fingerprint density at radius 2 is 1.72 bits per heavy atom. The first kappa shape index (κ1) is 29.8. The molecule has 4 heterocycles. The summed E-state index contributed by atoms with van der Waals surface area (Å²) < 4.78 is 29.8. The van der Waals surface area contributed by atoms with Crippen molar-refractivity contribution in [2.24, 2.45) is 0 Å². The van der Waals surface area contributed by atoms with Gasteiger partial charge in [0.15, 0.2) is 0 Å². The van der Waals surface area contributed by atoms with Crippen molar-refractivity contribution in [1.82, 2.24) is 9.88 Å². The summed E-state index contributed by atoms with van der Waals surface area (Å²) in [6, 6.07) is 22.0. The Balaban J connectivity index is 0.00000329. The fraction of sp³-hybridized carbons (Fsp3) is 0.250. The van der Waals surface area contributed by atoms with Crippen molar-refractivity contribution in [2.75, 3.05) is 29.3 Å². The molecular weight excluding hydrogens is 620 g/mol. The Kier molecular flexibility index (Phi) is 8.32. The molecule has 7 rings (SSSR count). The maximum atomic E-state index is 13.6. The number of carbonyl (C=O) groups is 1. The highest BCUT2D eigenvalue weighted by Gasteiger charge is 2.30. The number of fused-ring (bicyclic) bond motifs is 3. The van der Waals surface area contributed by atoms with Crippen LogP contribution in [-0.2, 0) is 29.4 Å². The first-order valence-corrected chi connectivity index (χ1v) is 17.2. The van der Waals surface area contributed by atoms with Gasteiger partial charge in [0.25, 0.3) is 15.9 Å². The SMILES string of the molecule is CCN1CCc2c(sc(NC(=O)c3ccc(S(=O)(=O)N4CCCc5ccccc54)cc3)c2-c2nc3ccccc3s2)C1.Cl. The fourth-order valence-corrected chi connectivity index (χ4v) is 9.79. The monoisotopic (exact) mass is 650 g/mol. The lowest BCUT2D eigenvalue weighted by Crippen LogP contribution is -2.35. The Hall–Kier alpha value is -3.28. The average molecular weight is 651 g/mol. The lowest BCUT2D eigenvalue weighted by atomic mass is 10.0. The van der Waals surface area contributed by atoms with Crippen LogP contribution in [0.5, 0.6) is 0 Å². The molecule has 0 atom stereocenters. The first-order valence-electron chi connectivity index (χ1n) is 14.2. The average Bonchev–Trinajstić information content (AvgIpc) is 3.61. The van der Waals surface area contributed by atoms with Crippen LogP contribution in [0.1, 0.15) is 39.7 Å². The highest BCUT2D eigenvalue weighted by atomic mass is 35.5. The predicted octanol–water partition coefficient (Wildman–Crippen LogP) is 7.22. The van der Waals surface area contributed by atoms with E-state index in [-0.39, 0.29) is 23.2 Å². The van der Waals surface area contributed by atoms with Crippen LogP contribution in [0.2, 0.25) is 0 Å². The van der Waals surface area contributed by atoms with Gasteiger partial charge in [-0.05, 0) is 79.4 Å². The molecule has 11 heteroatoms. The molecule has 2 aliphatic rings. The summed E-state index contributed by atoms with van der Waals surface area (Å²) in [5.41, 5.74) is 5.41. The molecule has 43 heavy (non-hydrogen) atoms. The molecular formula is C32H31ClN4O3S3. The molecule has 0 saturated carbocycles. The smallest absolute Gasteiger partial charge is 0.264 e. The van der Waals surface area contributed by atoms with E-state index in [9.17, 15) is 13.2 Å². The van der Waals surface area contributed by atoms with Gasteiger partial charge in [-0.3, -0.25) is 14.0 Å². The Labute approximate surface area is 265 Å². The third-order valence-electron chi connectivity index (χ3n) is 8.09. The number of halogens is 1. The number of carbonyl (C=O) groups excluding carboxylic acids is 1. The van der Waals surface area contributed by atoms with Crippen LogP contribution in [0.25, 0.3) is 20.8 Å². The Morgan fingerprint density at radius 3 is 2.51 bits per heavy atom. The zero-order valence-corrected chi connectivity index (χ0v) is 26.8. The summed E-state index contributed by atoms with van der Waals surface area (Å²) in [6.45, 7) is 5.42. The second-order valence-electron chi connectivity index (χ2n) is 10.6. The normalized spacial score (nSPS) is 15.0. The number of benzene rings is 3. The third-order valence-corrected chi connectivity index (χ3v) is 12.1. The highest BCUT2D eigenvalue weighted by Crippen LogP contribution is 2.46. The van der Waals surface area contributed by atoms with Crippen molar-refractivity contribution in [3.8, 4) is 10.6 Å². The van der Waals surface area contributed by atoms with Crippen molar-refractivity contribution in [2.45, 2.75) is 37.6 Å². The number of hydrogen-bond acceptors (Lipinski definition) is 7. The number of anilines is 2. The van der Waals surface area contributed by atoms with E-state index in [1.54, 1.807) is 34.8 Å². The molecule has 0 radical (unpaired) electrons. The number of thiazole rings is 1. The molecule has 5 aromatic rings. The number of para-hydroxylation sites is 2. The molecule has 2 aromatic heterocycles. The van der Waals surface area contributed by atoms with E-state index in [0.29, 0.717) is 12.1 Å². The van der Waals surface area contributed by atoms with Crippen molar-refractivity contribution in [3.63, 3.8) is 0 Å². The fourth-order valence-electron chi connectivity index (χ4n) is 5.85. The number of aryl methyl sites for hydroxylation is 1. The standard InChI is InChI=1S/C32H30N4O3S3.ClH/c1-2-35-19-17-24-28(20-35)41-32(29(24)31-33-25-10-4-6-12-27(25)40-31)34-30(37)22-13-15-23(16-14-22)42(38,39)36-18-7-9-21-8-3-5-11-26(21)36;/h3-6,8,10-16H,2,7,9,17-20H2,1H3,(H,34,37);1H. The molecule has 0 unspecified atom stereocenters. The first-order chi connectivity index (χ1) is 20.4. The van der Waals surface area contributed by atoms with E-state index in [1.165, 1.54) is 26.9 Å². The molecule has 1 N–H and O–H groups in total. The van der Waals surface area contributed by atoms with Crippen LogP contribution in [-0.4, -0.2) is 43.8 Å². The zero-order valence-electron chi connectivity index (χ0n) is 23.6. The maximum absolute atomic E-state index is 13.6. The molecule has 222 valence electrons. The quantitative estimate of drug-likeness (QED) is 0.210. The van der Waals surface area contributed by atoms with E-state index in [2.05, 4.69) is 23.2 Å². The van der Waals surface area contributed by atoms with E-state index in [4.69, 9.17) is 4.98 Å². The topological polar surface area (TPSA) is 82.6 Å². The number of hydrogen-bond donors (Lipinski definition) is 1. The molecule has 3 aromatic carbocycles. The minimum atomic E-state index is -3.75. The molecule has 7 nitrogen and oxygen atoms in total. The van der Waals surface area contributed by atoms with E-state index in [0.717, 1.165) is 75.9 Å². The third kappa shape index (κ3) is 5.47. The minimum Gasteiger partial charge on any atom is -0.313 e. The highest BCUT2D eigenvalue weighted by molar-refractivity contribution is 7.92. The number of likely N-dealkylation sites (N-methyl/N-ethyl adjacent to an activating group) is 1. The van der Waals surface area contributed by atoms with Crippen LogP contribution < -0.4 is 9.62 Å². The number of aromatic nitrogens is 1. The van der Waals surface area contributed by atoms with Crippen LogP contribution in [0.15, 0.2) is 77.7 Å². The predicted molar refractivity (Wildman–Crippen MR) is 179 cm³/mol. The molecule has 0 saturated heterocycles. The summed E-state index contributed by atoms with van der Waals surface area (Å²) in [6.07, 6.45) is 2.55. The van der Waals surface area contributed by atoms with Crippen molar-refractivity contribution in [3.05, 3.63) is 94.4 Å². The summed E-state index contributed by atoms with van der Waals surface area (Å²) in [5, 5.41) is 4.87.